The summed E-state index contributed by atoms with van der Waals surface area (Å²) in [6.45, 7) is 2.13. The van der Waals surface area contributed by atoms with Crippen molar-refractivity contribution in [2.24, 2.45) is 0 Å². The highest BCUT2D eigenvalue weighted by atomic mass is 35.5. The fourth-order valence-electron chi connectivity index (χ4n) is 3.35. The summed E-state index contributed by atoms with van der Waals surface area (Å²) in [7, 11) is 1.22. The van der Waals surface area contributed by atoms with E-state index in [2.05, 4.69) is 10.1 Å². The lowest BCUT2D eigenvalue weighted by atomic mass is 10.1. The van der Waals surface area contributed by atoms with Gasteiger partial charge in [-0.15, -0.1) is 0 Å². The number of urea groups is 1. The van der Waals surface area contributed by atoms with Crippen LogP contribution in [0.4, 0.5) is 4.79 Å². The minimum atomic E-state index is -0.658. The number of furan rings is 1. The number of carbonyl (C=O) groups is 3. The van der Waals surface area contributed by atoms with Crippen LogP contribution in [0.3, 0.4) is 0 Å². The molecule has 1 aliphatic rings. The molecule has 1 aliphatic heterocycles. The van der Waals surface area contributed by atoms with Crippen LogP contribution < -0.4 is 10.1 Å². The predicted octanol–water partition coefficient (Wildman–Crippen LogP) is 5.35. The number of nitrogens with zero attached hydrogens (tertiary/aromatic N) is 1. The Morgan fingerprint density at radius 1 is 1.09 bits per heavy atom. The molecular formula is C25H20Cl2N2O6. The van der Waals surface area contributed by atoms with Gasteiger partial charge in [0.15, 0.2) is 5.75 Å². The quantitative estimate of drug-likeness (QED) is 0.259. The van der Waals surface area contributed by atoms with Crippen LogP contribution in [-0.2, 0) is 22.7 Å². The molecule has 2 heterocycles. The second-order valence-corrected chi connectivity index (χ2v) is 8.54. The Morgan fingerprint density at radius 2 is 1.77 bits per heavy atom. The van der Waals surface area contributed by atoms with Gasteiger partial charge in [-0.05, 0) is 48.4 Å². The molecule has 10 heteroatoms. The fourth-order valence-corrected chi connectivity index (χ4v) is 3.96. The van der Waals surface area contributed by atoms with Gasteiger partial charge in [0.25, 0.3) is 5.91 Å². The average Bonchev–Trinajstić information content (AvgIpc) is 3.39. The van der Waals surface area contributed by atoms with E-state index in [9.17, 15) is 14.4 Å². The highest BCUT2D eigenvalue weighted by Gasteiger charge is 2.34. The number of rotatable bonds is 7. The van der Waals surface area contributed by atoms with Crippen molar-refractivity contribution < 1.29 is 28.3 Å². The molecule has 180 valence electrons. The first-order valence-electron chi connectivity index (χ1n) is 10.4. The molecular weight excluding hydrogens is 495 g/mol. The van der Waals surface area contributed by atoms with E-state index in [-0.39, 0.29) is 40.4 Å². The predicted molar refractivity (Wildman–Crippen MR) is 129 cm³/mol. The fraction of sp³-hybridized carbons (Fsp3) is 0.160. The van der Waals surface area contributed by atoms with E-state index in [1.54, 1.807) is 12.1 Å². The standard InChI is InChI=1S/C25H20Cl2N2O6/c1-14-3-5-15(6-4-14)13-34-22-18(26)9-16(10-19(22)27)11-20-23(30)29(25(32)28-20)12-17-7-8-21(35-17)24(31)33-2/h3-11H,12-13H2,1-2H3,(H,28,32)/b20-11-. The molecule has 1 fully saturated rings. The second kappa shape index (κ2) is 10.2. The SMILES string of the molecule is COC(=O)c1ccc(CN2C(=O)N/C(=C\c3cc(Cl)c(OCc4ccc(C)cc4)c(Cl)c3)C2=O)o1. The second-order valence-electron chi connectivity index (χ2n) is 7.72. The van der Waals surface area contributed by atoms with Gasteiger partial charge in [0.05, 0.1) is 23.7 Å². The van der Waals surface area contributed by atoms with Gasteiger partial charge in [0, 0.05) is 0 Å². The molecule has 2 aromatic carbocycles. The van der Waals surface area contributed by atoms with E-state index >= 15 is 0 Å². The highest BCUT2D eigenvalue weighted by Crippen LogP contribution is 2.35. The molecule has 1 aromatic heterocycles. The van der Waals surface area contributed by atoms with Crippen molar-refractivity contribution in [3.63, 3.8) is 0 Å². The minimum Gasteiger partial charge on any atom is -0.486 e. The molecule has 0 saturated carbocycles. The summed E-state index contributed by atoms with van der Waals surface area (Å²) in [5, 5.41) is 3.04. The number of carbonyl (C=O) groups excluding carboxylic acids is 3. The van der Waals surface area contributed by atoms with E-state index in [1.807, 2.05) is 31.2 Å². The number of aryl methyl sites for hydroxylation is 1. The highest BCUT2D eigenvalue weighted by molar-refractivity contribution is 6.37. The van der Waals surface area contributed by atoms with Gasteiger partial charge in [-0.25, -0.2) is 9.59 Å². The summed E-state index contributed by atoms with van der Waals surface area (Å²) in [6, 6.07) is 13.3. The average molecular weight is 515 g/mol. The topological polar surface area (TPSA) is 98.1 Å². The first kappa shape index (κ1) is 24.4. The summed E-state index contributed by atoms with van der Waals surface area (Å²) in [5.41, 5.74) is 2.64. The Bertz CT molecular complexity index is 1310. The van der Waals surface area contributed by atoms with E-state index in [4.69, 9.17) is 32.4 Å². The molecule has 0 spiro atoms. The maximum absolute atomic E-state index is 12.8. The van der Waals surface area contributed by atoms with Gasteiger partial charge < -0.3 is 19.2 Å². The third-order valence-corrected chi connectivity index (χ3v) is 5.72. The number of nitrogens with one attached hydrogen (secondary N) is 1. The lowest BCUT2D eigenvalue weighted by Crippen LogP contribution is -2.30. The van der Waals surface area contributed by atoms with Crippen LogP contribution in [0.15, 0.2) is 58.6 Å². The Labute approximate surface area is 211 Å². The summed E-state index contributed by atoms with van der Waals surface area (Å²) >= 11 is 12.8. The van der Waals surface area contributed by atoms with Crippen LogP contribution in [0.25, 0.3) is 6.08 Å². The molecule has 0 atom stereocenters. The zero-order chi connectivity index (χ0) is 25.1. The maximum atomic E-state index is 12.8. The smallest absolute Gasteiger partial charge is 0.373 e. The van der Waals surface area contributed by atoms with Gasteiger partial charge >= 0.3 is 12.0 Å². The third kappa shape index (κ3) is 5.50. The molecule has 0 radical (unpaired) electrons. The normalized spacial score (nSPS) is 14.4. The number of halogens is 2. The van der Waals surface area contributed by atoms with Gasteiger partial charge in [-0.2, -0.15) is 0 Å². The number of esters is 1. The summed E-state index contributed by atoms with van der Waals surface area (Å²) in [4.78, 5) is 37.6. The molecule has 0 unspecified atom stereocenters. The Kier molecular flexibility index (Phi) is 7.14. The van der Waals surface area contributed by atoms with Crippen LogP contribution in [0.2, 0.25) is 10.0 Å². The molecule has 1 N–H and O–H groups in total. The van der Waals surface area contributed by atoms with E-state index in [1.165, 1.54) is 25.3 Å². The summed E-state index contributed by atoms with van der Waals surface area (Å²) < 4.78 is 15.7. The number of amides is 3. The molecule has 3 aromatic rings. The van der Waals surface area contributed by atoms with Crippen molar-refractivity contribution in [1.82, 2.24) is 10.2 Å². The molecule has 3 amide bonds. The zero-order valence-electron chi connectivity index (χ0n) is 18.8. The van der Waals surface area contributed by atoms with Crippen molar-refractivity contribution in [2.45, 2.75) is 20.1 Å². The van der Waals surface area contributed by atoms with Crippen LogP contribution in [0, 0.1) is 6.92 Å². The Balaban J connectivity index is 1.47. The number of hydrogen-bond donors (Lipinski definition) is 1. The first-order valence-corrected chi connectivity index (χ1v) is 11.2. The number of benzene rings is 2. The van der Waals surface area contributed by atoms with Gasteiger partial charge in [-0.1, -0.05) is 53.0 Å². The van der Waals surface area contributed by atoms with Gasteiger partial charge in [-0.3, -0.25) is 9.69 Å². The van der Waals surface area contributed by atoms with Crippen LogP contribution in [0.5, 0.6) is 5.75 Å². The largest absolute Gasteiger partial charge is 0.486 e. The molecule has 4 rings (SSSR count). The minimum absolute atomic E-state index is 0.0284. The van der Waals surface area contributed by atoms with Crippen molar-refractivity contribution in [1.29, 1.82) is 0 Å². The monoisotopic (exact) mass is 514 g/mol. The van der Waals surface area contributed by atoms with Crippen LogP contribution in [-0.4, -0.2) is 29.9 Å². The molecule has 35 heavy (non-hydrogen) atoms. The van der Waals surface area contributed by atoms with Crippen molar-refractivity contribution in [3.8, 4) is 5.75 Å². The number of hydrogen-bond acceptors (Lipinski definition) is 6. The maximum Gasteiger partial charge on any atom is 0.373 e. The lowest BCUT2D eigenvalue weighted by molar-refractivity contribution is -0.123. The van der Waals surface area contributed by atoms with Crippen LogP contribution in [0.1, 0.15) is 33.0 Å². The van der Waals surface area contributed by atoms with Crippen molar-refractivity contribution in [2.75, 3.05) is 7.11 Å². The van der Waals surface area contributed by atoms with Gasteiger partial charge in [0.2, 0.25) is 5.76 Å². The Hall–Kier alpha value is -3.75. The van der Waals surface area contributed by atoms with E-state index in [0.717, 1.165) is 16.0 Å². The first-order chi connectivity index (χ1) is 16.7. The molecule has 0 bridgehead atoms. The number of ether oxygens (including phenoxy) is 2. The van der Waals surface area contributed by atoms with E-state index in [0.29, 0.717) is 11.3 Å². The molecule has 0 aliphatic carbocycles. The van der Waals surface area contributed by atoms with Crippen molar-refractivity contribution >= 4 is 47.2 Å². The lowest BCUT2D eigenvalue weighted by Gasteiger charge is -2.11. The Morgan fingerprint density at radius 3 is 2.43 bits per heavy atom. The molecule has 8 nitrogen and oxygen atoms in total. The third-order valence-electron chi connectivity index (χ3n) is 5.16. The summed E-state index contributed by atoms with van der Waals surface area (Å²) in [6.07, 6.45) is 1.46. The van der Waals surface area contributed by atoms with E-state index < -0.39 is 17.9 Å². The summed E-state index contributed by atoms with van der Waals surface area (Å²) in [5.74, 6) is -0.693. The zero-order valence-corrected chi connectivity index (χ0v) is 20.3. The van der Waals surface area contributed by atoms with Crippen LogP contribution >= 0.6 is 23.2 Å². The number of imide groups is 1. The van der Waals surface area contributed by atoms with Gasteiger partial charge in [0.1, 0.15) is 18.1 Å². The number of methoxy groups -OCH3 is 1. The molecule has 1 saturated heterocycles. The van der Waals surface area contributed by atoms with Crippen molar-refractivity contribution in [3.05, 3.63) is 92.5 Å².